The quantitative estimate of drug-likeness (QED) is 0.307. The number of benzene rings is 2. The zero-order valence-corrected chi connectivity index (χ0v) is 18.0. The van der Waals surface area contributed by atoms with Crippen molar-refractivity contribution < 1.29 is 14.3 Å². The molecule has 0 unspecified atom stereocenters. The second-order valence-corrected chi connectivity index (χ2v) is 7.96. The molecule has 0 radical (unpaired) electrons. The Balaban J connectivity index is 1.75. The number of methoxy groups -OCH3 is 1. The number of ether oxygens (including phenoxy) is 1. The van der Waals surface area contributed by atoms with Gasteiger partial charge in [-0.1, -0.05) is 18.2 Å². The van der Waals surface area contributed by atoms with E-state index >= 15 is 0 Å². The lowest BCUT2D eigenvalue weighted by Crippen LogP contribution is -2.02. The standard InChI is InChI=1S/C22H13BrN2O4S/c1-28-19-8-12(7-16(23)20(19)26)6-14(10-24)21-25-17(11-30-21)15-9-13-4-2-3-5-18(13)29-22(15)27/h2-9,11,26H,1H3/b14-6+. The predicted molar refractivity (Wildman–Crippen MR) is 119 cm³/mol. The molecule has 0 atom stereocenters. The minimum Gasteiger partial charge on any atom is -0.503 e. The molecular formula is C22H13BrN2O4S. The SMILES string of the molecule is COc1cc(/C=C(\C#N)c2nc(-c3cc4ccccc4oc3=O)cs2)cc(Br)c1O. The van der Waals surface area contributed by atoms with Gasteiger partial charge in [0.25, 0.3) is 0 Å². The number of hydrogen-bond acceptors (Lipinski definition) is 7. The molecule has 2 aromatic heterocycles. The van der Waals surface area contributed by atoms with Gasteiger partial charge in [0, 0.05) is 10.8 Å². The molecule has 0 aliphatic carbocycles. The van der Waals surface area contributed by atoms with Gasteiger partial charge >= 0.3 is 5.63 Å². The molecule has 30 heavy (non-hydrogen) atoms. The minimum atomic E-state index is -0.486. The van der Waals surface area contributed by atoms with Crippen molar-refractivity contribution in [3.8, 4) is 28.8 Å². The zero-order chi connectivity index (χ0) is 21.3. The molecule has 0 fully saturated rings. The highest BCUT2D eigenvalue weighted by atomic mass is 79.9. The van der Waals surface area contributed by atoms with E-state index < -0.39 is 5.63 Å². The summed E-state index contributed by atoms with van der Waals surface area (Å²) in [6, 6.07) is 14.4. The summed E-state index contributed by atoms with van der Waals surface area (Å²) in [4.78, 5) is 16.9. The van der Waals surface area contributed by atoms with Crippen molar-refractivity contribution in [1.82, 2.24) is 4.98 Å². The Hall–Kier alpha value is -3.41. The Morgan fingerprint density at radius 3 is 2.90 bits per heavy atom. The first-order chi connectivity index (χ1) is 14.5. The van der Waals surface area contributed by atoms with Crippen LogP contribution in [-0.4, -0.2) is 17.2 Å². The van der Waals surface area contributed by atoms with E-state index in [2.05, 4.69) is 27.0 Å². The van der Waals surface area contributed by atoms with Gasteiger partial charge in [-0.2, -0.15) is 5.26 Å². The summed E-state index contributed by atoms with van der Waals surface area (Å²) in [6.07, 6.45) is 1.64. The molecule has 0 aliphatic heterocycles. The van der Waals surface area contributed by atoms with Crippen LogP contribution in [0.3, 0.4) is 0 Å². The van der Waals surface area contributed by atoms with Crippen LogP contribution in [0.25, 0.3) is 33.9 Å². The molecule has 148 valence electrons. The Kier molecular flexibility index (Phi) is 5.40. The number of allylic oxidation sites excluding steroid dienone is 1. The van der Waals surface area contributed by atoms with Gasteiger partial charge in [0.1, 0.15) is 16.7 Å². The van der Waals surface area contributed by atoms with Crippen molar-refractivity contribution in [3.63, 3.8) is 0 Å². The van der Waals surface area contributed by atoms with Gasteiger partial charge < -0.3 is 14.3 Å². The van der Waals surface area contributed by atoms with Crippen LogP contribution in [0.2, 0.25) is 0 Å². The summed E-state index contributed by atoms with van der Waals surface area (Å²) < 4.78 is 11.0. The molecule has 0 bridgehead atoms. The predicted octanol–water partition coefficient (Wildman–Crippen LogP) is 5.46. The molecule has 0 spiro atoms. The summed E-state index contributed by atoms with van der Waals surface area (Å²) in [5.74, 6) is 0.259. The lowest BCUT2D eigenvalue weighted by atomic mass is 10.1. The summed E-state index contributed by atoms with van der Waals surface area (Å²) in [7, 11) is 1.45. The maximum atomic E-state index is 12.4. The van der Waals surface area contributed by atoms with E-state index in [1.807, 2.05) is 12.1 Å². The number of phenols is 1. The number of aromatic hydroxyl groups is 1. The van der Waals surface area contributed by atoms with E-state index in [9.17, 15) is 15.2 Å². The third-order valence-corrected chi connectivity index (χ3v) is 5.83. The number of para-hydroxylation sites is 1. The fourth-order valence-corrected chi connectivity index (χ4v) is 4.15. The van der Waals surface area contributed by atoms with E-state index in [-0.39, 0.29) is 11.5 Å². The van der Waals surface area contributed by atoms with Crippen LogP contribution in [0.1, 0.15) is 10.6 Å². The highest BCUT2D eigenvalue weighted by Crippen LogP contribution is 2.36. The summed E-state index contributed by atoms with van der Waals surface area (Å²) in [5.41, 5.74) is 1.76. The zero-order valence-electron chi connectivity index (χ0n) is 15.5. The second-order valence-electron chi connectivity index (χ2n) is 6.25. The smallest absolute Gasteiger partial charge is 0.345 e. The molecule has 1 N–H and O–H groups in total. The average molecular weight is 481 g/mol. The van der Waals surface area contributed by atoms with Crippen molar-refractivity contribution in [2.75, 3.05) is 7.11 Å². The molecule has 2 heterocycles. The Labute approximate surface area is 183 Å². The first-order valence-electron chi connectivity index (χ1n) is 8.67. The first-order valence-corrected chi connectivity index (χ1v) is 10.3. The Morgan fingerprint density at radius 2 is 2.13 bits per heavy atom. The molecule has 0 saturated carbocycles. The average Bonchev–Trinajstić information content (AvgIpc) is 3.23. The first kappa shape index (κ1) is 19.9. The molecule has 8 heteroatoms. The summed E-state index contributed by atoms with van der Waals surface area (Å²) in [5, 5.41) is 22.6. The lowest BCUT2D eigenvalue weighted by molar-refractivity contribution is 0.372. The maximum Gasteiger partial charge on any atom is 0.345 e. The van der Waals surface area contributed by atoms with Gasteiger partial charge in [0.15, 0.2) is 11.5 Å². The van der Waals surface area contributed by atoms with Gasteiger partial charge in [-0.15, -0.1) is 11.3 Å². The number of hydrogen-bond donors (Lipinski definition) is 1. The van der Waals surface area contributed by atoms with E-state index in [1.54, 1.807) is 41.8 Å². The van der Waals surface area contributed by atoms with E-state index in [1.165, 1.54) is 18.4 Å². The molecule has 4 rings (SSSR count). The van der Waals surface area contributed by atoms with Gasteiger partial charge in [0.2, 0.25) is 0 Å². The topological polar surface area (TPSA) is 96.4 Å². The molecule has 0 aliphatic rings. The monoisotopic (exact) mass is 480 g/mol. The number of aromatic nitrogens is 1. The van der Waals surface area contributed by atoms with Crippen LogP contribution in [0.5, 0.6) is 11.5 Å². The number of rotatable bonds is 4. The molecule has 2 aromatic carbocycles. The largest absolute Gasteiger partial charge is 0.503 e. The Bertz CT molecular complexity index is 1400. The van der Waals surface area contributed by atoms with Gasteiger partial charge in [-0.3, -0.25) is 0 Å². The van der Waals surface area contributed by atoms with Crippen molar-refractivity contribution in [1.29, 1.82) is 5.26 Å². The van der Waals surface area contributed by atoms with Crippen LogP contribution in [0.15, 0.2) is 61.5 Å². The highest BCUT2D eigenvalue weighted by molar-refractivity contribution is 9.10. The number of fused-ring (bicyclic) bond motifs is 1. The number of halogens is 1. The number of phenolic OH excluding ortho intramolecular Hbond substituents is 1. The normalized spacial score (nSPS) is 11.4. The second kappa shape index (κ2) is 8.14. The molecular weight excluding hydrogens is 468 g/mol. The van der Waals surface area contributed by atoms with Crippen LogP contribution in [0.4, 0.5) is 0 Å². The van der Waals surface area contributed by atoms with Crippen LogP contribution in [0, 0.1) is 11.3 Å². The van der Waals surface area contributed by atoms with Crippen molar-refractivity contribution in [2.45, 2.75) is 0 Å². The molecule has 4 aromatic rings. The summed E-state index contributed by atoms with van der Waals surface area (Å²) >= 11 is 4.52. The molecule has 6 nitrogen and oxygen atoms in total. The summed E-state index contributed by atoms with van der Waals surface area (Å²) in [6.45, 7) is 0. The van der Waals surface area contributed by atoms with Gasteiger partial charge in [0.05, 0.1) is 28.4 Å². The Morgan fingerprint density at radius 1 is 1.33 bits per heavy atom. The minimum absolute atomic E-state index is 0.0206. The van der Waals surface area contributed by atoms with Crippen molar-refractivity contribution in [3.05, 3.63) is 73.3 Å². The lowest BCUT2D eigenvalue weighted by Gasteiger charge is -2.06. The van der Waals surface area contributed by atoms with Gasteiger partial charge in [-0.05, 0) is 51.8 Å². The molecule has 0 saturated heterocycles. The van der Waals surface area contributed by atoms with Crippen molar-refractivity contribution >= 4 is 49.9 Å². The van der Waals surface area contributed by atoms with Crippen LogP contribution < -0.4 is 10.4 Å². The third-order valence-electron chi connectivity index (χ3n) is 4.35. The third kappa shape index (κ3) is 3.73. The fraction of sp³-hybridized carbons (Fsp3) is 0.0455. The highest BCUT2D eigenvalue weighted by Gasteiger charge is 2.15. The van der Waals surface area contributed by atoms with Gasteiger partial charge in [-0.25, -0.2) is 9.78 Å². The van der Waals surface area contributed by atoms with Crippen LogP contribution in [-0.2, 0) is 0 Å². The van der Waals surface area contributed by atoms with E-state index in [0.29, 0.717) is 37.5 Å². The van der Waals surface area contributed by atoms with E-state index in [4.69, 9.17) is 9.15 Å². The maximum absolute atomic E-state index is 12.4. The van der Waals surface area contributed by atoms with E-state index in [0.717, 1.165) is 5.39 Å². The fourth-order valence-electron chi connectivity index (χ4n) is 2.90. The number of nitrogens with zero attached hydrogens (tertiary/aromatic N) is 2. The number of nitriles is 1. The molecule has 0 amide bonds. The van der Waals surface area contributed by atoms with Crippen LogP contribution >= 0.6 is 27.3 Å². The van der Waals surface area contributed by atoms with Crippen molar-refractivity contribution in [2.24, 2.45) is 0 Å². The number of thiazole rings is 1.